The summed E-state index contributed by atoms with van der Waals surface area (Å²) in [5.41, 5.74) is 0.261. The van der Waals surface area contributed by atoms with Crippen molar-refractivity contribution in [2.24, 2.45) is 0 Å². The number of aliphatic carboxylic acids is 1. The van der Waals surface area contributed by atoms with E-state index < -0.39 is 17.6 Å². The Bertz CT molecular complexity index is 362. The van der Waals surface area contributed by atoms with Crippen LogP contribution in [0.1, 0.15) is 31.9 Å². The quantitative estimate of drug-likeness (QED) is 0.702. The van der Waals surface area contributed by atoms with Crippen LogP contribution >= 0.6 is 0 Å². The molecular weight excluding hydrogens is 218 g/mol. The van der Waals surface area contributed by atoms with Gasteiger partial charge in [-0.15, -0.1) is 0 Å². The van der Waals surface area contributed by atoms with Gasteiger partial charge in [0.25, 0.3) is 0 Å². The highest BCUT2D eigenvalue weighted by Crippen LogP contribution is 2.24. The summed E-state index contributed by atoms with van der Waals surface area (Å²) in [6, 6.07) is 9.33. The first-order valence-electron chi connectivity index (χ1n) is 5.63. The normalized spacial score (nSPS) is 13.4. The lowest BCUT2D eigenvalue weighted by atomic mass is 9.91. The number of carbonyl (C=O) groups is 1. The summed E-state index contributed by atoms with van der Waals surface area (Å²) in [7, 11) is 0. The third-order valence-electron chi connectivity index (χ3n) is 2.72. The van der Waals surface area contributed by atoms with Crippen molar-refractivity contribution < 1.29 is 15.0 Å². The second-order valence-electron chi connectivity index (χ2n) is 4.61. The number of nitrogens with one attached hydrogen (secondary N) is 1. The van der Waals surface area contributed by atoms with E-state index in [1.54, 1.807) is 0 Å². The average molecular weight is 237 g/mol. The van der Waals surface area contributed by atoms with Crippen molar-refractivity contribution in [2.75, 3.05) is 6.54 Å². The summed E-state index contributed by atoms with van der Waals surface area (Å²) in [6.07, 6.45) is -0.622. The summed E-state index contributed by atoms with van der Waals surface area (Å²) in [5, 5.41) is 21.8. The SMILES string of the molecule is CC(C)(NCCC(=O)O)[C@H](O)c1ccccc1. The summed E-state index contributed by atoms with van der Waals surface area (Å²) >= 11 is 0. The summed E-state index contributed by atoms with van der Waals surface area (Å²) in [6.45, 7) is 4.05. The highest BCUT2D eigenvalue weighted by molar-refractivity contribution is 5.66. The fourth-order valence-electron chi connectivity index (χ4n) is 1.64. The monoisotopic (exact) mass is 237 g/mol. The topological polar surface area (TPSA) is 69.6 Å². The van der Waals surface area contributed by atoms with Crippen molar-refractivity contribution in [1.82, 2.24) is 5.32 Å². The van der Waals surface area contributed by atoms with Crippen LogP contribution in [0.25, 0.3) is 0 Å². The molecule has 0 aliphatic carbocycles. The first kappa shape index (κ1) is 13.7. The zero-order valence-electron chi connectivity index (χ0n) is 10.2. The maximum Gasteiger partial charge on any atom is 0.304 e. The van der Waals surface area contributed by atoms with E-state index in [4.69, 9.17) is 5.11 Å². The molecule has 1 atom stereocenters. The van der Waals surface area contributed by atoms with E-state index in [-0.39, 0.29) is 6.42 Å². The van der Waals surface area contributed by atoms with Gasteiger partial charge in [-0.2, -0.15) is 0 Å². The van der Waals surface area contributed by atoms with Crippen LogP contribution in [-0.4, -0.2) is 28.3 Å². The number of rotatable bonds is 6. The van der Waals surface area contributed by atoms with Crippen LogP contribution in [0.5, 0.6) is 0 Å². The maximum atomic E-state index is 10.4. The zero-order valence-corrected chi connectivity index (χ0v) is 10.2. The molecule has 0 amide bonds. The molecule has 0 aromatic heterocycles. The standard InChI is InChI=1S/C13H19NO3/c1-13(2,14-9-8-11(15)16)12(17)10-6-4-3-5-7-10/h3-7,12,14,17H,8-9H2,1-2H3,(H,15,16)/t12-/m1/s1. The molecule has 0 spiro atoms. The number of carboxylic acids is 1. The maximum absolute atomic E-state index is 10.4. The Morgan fingerprint density at radius 1 is 1.35 bits per heavy atom. The Hall–Kier alpha value is -1.39. The summed E-state index contributed by atoms with van der Waals surface area (Å²) in [5.74, 6) is -0.845. The molecule has 0 aliphatic heterocycles. The van der Waals surface area contributed by atoms with E-state index in [2.05, 4.69) is 5.32 Å². The highest BCUT2D eigenvalue weighted by Gasteiger charge is 2.28. The van der Waals surface area contributed by atoms with Crippen molar-refractivity contribution >= 4 is 5.97 Å². The van der Waals surface area contributed by atoms with Crippen LogP contribution in [-0.2, 0) is 4.79 Å². The molecular formula is C13H19NO3. The lowest BCUT2D eigenvalue weighted by Gasteiger charge is -2.32. The molecule has 17 heavy (non-hydrogen) atoms. The van der Waals surface area contributed by atoms with E-state index in [0.29, 0.717) is 6.54 Å². The largest absolute Gasteiger partial charge is 0.481 e. The van der Waals surface area contributed by atoms with Gasteiger partial charge >= 0.3 is 5.97 Å². The van der Waals surface area contributed by atoms with Gasteiger partial charge in [0.1, 0.15) is 0 Å². The van der Waals surface area contributed by atoms with Gasteiger partial charge in [0.2, 0.25) is 0 Å². The van der Waals surface area contributed by atoms with Crippen LogP contribution in [0.15, 0.2) is 30.3 Å². The predicted molar refractivity (Wildman–Crippen MR) is 65.7 cm³/mol. The smallest absolute Gasteiger partial charge is 0.304 e. The highest BCUT2D eigenvalue weighted by atomic mass is 16.4. The second kappa shape index (κ2) is 5.80. The number of aliphatic hydroxyl groups excluding tert-OH is 1. The van der Waals surface area contributed by atoms with Crippen molar-refractivity contribution in [3.63, 3.8) is 0 Å². The molecule has 4 heteroatoms. The Morgan fingerprint density at radius 2 is 1.94 bits per heavy atom. The van der Waals surface area contributed by atoms with Crippen LogP contribution in [0.3, 0.4) is 0 Å². The lowest BCUT2D eigenvalue weighted by Crippen LogP contribution is -2.45. The molecule has 4 nitrogen and oxygen atoms in total. The first-order valence-corrected chi connectivity index (χ1v) is 5.63. The van der Waals surface area contributed by atoms with Gasteiger partial charge in [-0.1, -0.05) is 30.3 Å². The lowest BCUT2D eigenvalue weighted by molar-refractivity contribution is -0.137. The molecule has 94 valence electrons. The van der Waals surface area contributed by atoms with Crippen molar-refractivity contribution in [2.45, 2.75) is 31.9 Å². The number of hydrogen-bond acceptors (Lipinski definition) is 3. The van der Waals surface area contributed by atoms with Gasteiger partial charge in [0.05, 0.1) is 12.5 Å². The first-order chi connectivity index (χ1) is 7.93. The summed E-state index contributed by atoms with van der Waals surface area (Å²) < 4.78 is 0. The van der Waals surface area contributed by atoms with E-state index in [1.165, 1.54) is 0 Å². The molecule has 0 bridgehead atoms. The van der Waals surface area contributed by atoms with Gasteiger partial charge in [0.15, 0.2) is 0 Å². The zero-order chi connectivity index (χ0) is 12.9. The van der Waals surface area contributed by atoms with Crippen molar-refractivity contribution in [1.29, 1.82) is 0 Å². The molecule has 0 saturated carbocycles. The minimum atomic E-state index is -0.845. The average Bonchev–Trinajstić information content (AvgIpc) is 2.28. The summed E-state index contributed by atoms with van der Waals surface area (Å²) in [4.78, 5) is 10.4. The molecule has 0 radical (unpaired) electrons. The van der Waals surface area contributed by atoms with Crippen LogP contribution < -0.4 is 5.32 Å². The van der Waals surface area contributed by atoms with E-state index >= 15 is 0 Å². The van der Waals surface area contributed by atoms with E-state index in [9.17, 15) is 9.90 Å². The van der Waals surface area contributed by atoms with E-state index in [0.717, 1.165) is 5.56 Å². The molecule has 0 aliphatic rings. The third kappa shape index (κ3) is 4.17. The molecule has 0 heterocycles. The van der Waals surface area contributed by atoms with Gasteiger partial charge in [0, 0.05) is 12.1 Å². The Labute approximate surface area is 101 Å². The van der Waals surface area contributed by atoms with Gasteiger partial charge in [-0.3, -0.25) is 4.79 Å². The Morgan fingerprint density at radius 3 is 2.47 bits per heavy atom. The molecule has 1 aromatic carbocycles. The molecule has 0 saturated heterocycles. The second-order valence-corrected chi connectivity index (χ2v) is 4.61. The number of aliphatic hydroxyl groups is 1. The van der Waals surface area contributed by atoms with Crippen LogP contribution in [0.2, 0.25) is 0 Å². The third-order valence-corrected chi connectivity index (χ3v) is 2.72. The Kier molecular flexibility index (Phi) is 4.66. The minimum Gasteiger partial charge on any atom is -0.481 e. The fourth-order valence-corrected chi connectivity index (χ4v) is 1.64. The molecule has 0 fully saturated rings. The minimum absolute atomic E-state index is 0.0466. The van der Waals surface area contributed by atoms with Gasteiger partial charge in [-0.25, -0.2) is 0 Å². The van der Waals surface area contributed by atoms with Crippen molar-refractivity contribution in [3.8, 4) is 0 Å². The molecule has 3 N–H and O–H groups in total. The Balaban J connectivity index is 2.60. The predicted octanol–water partition coefficient (Wildman–Crippen LogP) is 1.56. The van der Waals surface area contributed by atoms with Crippen molar-refractivity contribution in [3.05, 3.63) is 35.9 Å². The van der Waals surface area contributed by atoms with E-state index in [1.807, 2.05) is 44.2 Å². The van der Waals surface area contributed by atoms with Crippen LogP contribution in [0.4, 0.5) is 0 Å². The number of hydrogen-bond donors (Lipinski definition) is 3. The number of benzene rings is 1. The fraction of sp³-hybridized carbons (Fsp3) is 0.462. The van der Waals surface area contributed by atoms with Crippen LogP contribution in [0, 0.1) is 0 Å². The molecule has 0 unspecified atom stereocenters. The van der Waals surface area contributed by atoms with Gasteiger partial charge in [-0.05, 0) is 19.4 Å². The molecule has 1 rings (SSSR count). The molecule has 1 aromatic rings. The van der Waals surface area contributed by atoms with Gasteiger partial charge < -0.3 is 15.5 Å². The number of carboxylic acid groups (broad SMARTS) is 1.